The van der Waals surface area contributed by atoms with Gasteiger partial charge in [-0.05, 0) is 38.5 Å². The average molecular weight is 330 g/mol. The van der Waals surface area contributed by atoms with Crippen molar-refractivity contribution in [3.63, 3.8) is 0 Å². The maximum atomic E-state index is 11.8. The maximum absolute atomic E-state index is 11.8. The molecule has 0 aromatic carbocycles. The van der Waals surface area contributed by atoms with Crippen LogP contribution in [0.25, 0.3) is 0 Å². The Morgan fingerprint density at radius 2 is 1.57 bits per heavy atom. The van der Waals surface area contributed by atoms with E-state index in [1.165, 1.54) is 0 Å². The van der Waals surface area contributed by atoms with Gasteiger partial charge in [0.15, 0.2) is 0 Å². The average Bonchev–Trinajstić information content (AvgIpc) is 2.52. The number of carbonyl (C=O) groups excluding carboxylic acids is 2. The summed E-state index contributed by atoms with van der Waals surface area (Å²) in [4.78, 5) is 23.2. The fraction of sp³-hybridized carbons (Fsp3) is 0.889. The van der Waals surface area contributed by atoms with Crippen LogP contribution in [-0.2, 0) is 23.8 Å². The van der Waals surface area contributed by atoms with Gasteiger partial charge >= 0.3 is 11.9 Å². The predicted molar refractivity (Wildman–Crippen MR) is 90.2 cm³/mol. The predicted octanol–water partition coefficient (Wildman–Crippen LogP) is 3.88. The molecule has 0 N–H and O–H groups in total. The summed E-state index contributed by atoms with van der Waals surface area (Å²) >= 11 is 0. The van der Waals surface area contributed by atoms with Crippen LogP contribution < -0.4 is 0 Å². The monoisotopic (exact) mass is 330 g/mol. The van der Waals surface area contributed by atoms with Crippen LogP contribution in [0.2, 0.25) is 0 Å². The number of methoxy groups -OCH3 is 1. The van der Waals surface area contributed by atoms with Gasteiger partial charge in [0.1, 0.15) is 6.10 Å². The summed E-state index contributed by atoms with van der Waals surface area (Å²) < 4.78 is 15.5. The Morgan fingerprint density at radius 3 is 2.17 bits per heavy atom. The lowest BCUT2D eigenvalue weighted by molar-refractivity contribution is -0.151. The van der Waals surface area contributed by atoms with Crippen LogP contribution in [0.4, 0.5) is 0 Å². The first-order valence-corrected chi connectivity index (χ1v) is 8.85. The van der Waals surface area contributed by atoms with E-state index >= 15 is 0 Å². The van der Waals surface area contributed by atoms with Crippen molar-refractivity contribution >= 4 is 11.9 Å². The number of hydrogen-bond donors (Lipinski definition) is 0. The van der Waals surface area contributed by atoms with Gasteiger partial charge in [0, 0.05) is 26.6 Å². The third-order valence-electron chi connectivity index (χ3n) is 3.92. The third kappa shape index (κ3) is 13.1. The topological polar surface area (TPSA) is 61.8 Å². The van der Waals surface area contributed by atoms with E-state index in [9.17, 15) is 9.59 Å². The molecule has 0 heterocycles. The van der Waals surface area contributed by atoms with Crippen LogP contribution in [0.15, 0.2) is 0 Å². The number of unbranched alkanes of at least 4 members (excludes halogenated alkanes) is 3. The molecule has 5 heteroatoms. The highest BCUT2D eigenvalue weighted by atomic mass is 16.5. The van der Waals surface area contributed by atoms with E-state index in [0.717, 1.165) is 38.5 Å². The number of hydrogen-bond acceptors (Lipinski definition) is 5. The van der Waals surface area contributed by atoms with Crippen LogP contribution in [0, 0.1) is 5.92 Å². The molecule has 0 rings (SSSR count). The summed E-state index contributed by atoms with van der Waals surface area (Å²) in [6.07, 6.45) is 5.92. The highest BCUT2D eigenvalue weighted by molar-refractivity contribution is 5.70. The molecule has 0 fully saturated rings. The van der Waals surface area contributed by atoms with Crippen LogP contribution in [0.5, 0.6) is 0 Å². The van der Waals surface area contributed by atoms with Crippen LogP contribution in [-0.4, -0.2) is 38.4 Å². The largest absolute Gasteiger partial charge is 0.466 e. The zero-order chi connectivity index (χ0) is 17.5. The Bertz CT molecular complexity index is 317. The van der Waals surface area contributed by atoms with Crippen molar-refractivity contribution in [3.05, 3.63) is 0 Å². The zero-order valence-electron chi connectivity index (χ0n) is 15.3. The van der Waals surface area contributed by atoms with Crippen molar-refractivity contribution in [2.75, 3.05) is 20.3 Å². The summed E-state index contributed by atoms with van der Waals surface area (Å²) in [6, 6.07) is 0. The van der Waals surface area contributed by atoms with E-state index in [0.29, 0.717) is 26.1 Å². The molecular formula is C18H34O5. The van der Waals surface area contributed by atoms with Crippen molar-refractivity contribution < 1.29 is 23.8 Å². The molecule has 23 heavy (non-hydrogen) atoms. The Morgan fingerprint density at radius 1 is 0.913 bits per heavy atom. The molecule has 0 bridgehead atoms. The number of rotatable bonds is 14. The van der Waals surface area contributed by atoms with Crippen LogP contribution >= 0.6 is 0 Å². The molecule has 0 aromatic heterocycles. The van der Waals surface area contributed by atoms with Crippen molar-refractivity contribution in [2.45, 2.75) is 78.2 Å². The minimum Gasteiger partial charge on any atom is -0.466 e. The first-order valence-electron chi connectivity index (χ1n) is 8.85. The van der Waals surface area contributed by atoms with E-state index in [4.69, 9.17) is 14.2 Å². The number of esters is 2. The summed E-state index contributed by atoms with van der Waals surface area (Å²) in [6.45, 7) is 7.23. The van der Waals surface area contributed by atoms with Gasteiger partial charge < -0.3 is 14.2 Å². The van der Waals surface area contributed by atoms with E-state index in [1.54, 1.807) is 7.11 Å². The van der Waals surface area contributed by atoms with Gasteiger partial charge in [-0.2, -0.15) is 0 Å². The number of carbonyl (C=O) groups is 2. The highest BCUT2D eigenvalue weighted by Gasteiger charge is 2.16. The molecule has 0 aliphatic heterocycles. The molecular weight excluding hydrogens is 296 g/mol. The first-order chi connectivity index (χ1) is 11.0. The smallest absolute Gasteiger partial charge is 0.306 e. The van der Waals surface area contributed by atoms with Gasteiger partial charge in [0.25, 0.3) is 0 Å². The second kappa shape index (κ2) is 14.5. The SMILES string of the molecule is CCCCOC(=O)CCCCCC(=O)OC(C)C(C)CCOC. The summed E-state index contributed by atoms with van der Waals surface area (Å²) in [7, 11) is 1.67. The molecule has 0 spiro atoms. The summed E-state index contributed by atoms with van der Waals surface area (Å²) in [5.74, 6) is -0.00861. The summed E-state index contributed by atoms with van der Waals surface area (Å²) in [5, 5.41) is 0. The normalized spacial score (nSPS) is 13.4. The third-order valence-corrected chi connectivity index (χ3v) is 3.92. The Kier molecular flexibility index (Phi) is 13.8. The molecule has 2 atom stereocenters. The molecule has 0 saturated heterocycles. The summed E-state index contributed by atoms with van der Waals surface area (Å²) in [5.41, 5.74) is 0. The Balaban J connectivity index is 3.61. The van der Waals surface area contributed by atoms with E-state index in [-0.39, 0.29) is 24.0 Å². The van der Waals surface area contributed by atoms with Crippen LogP contribution in [0.1, 0.15) is 72.1 Å². The molecule has 0 aliphatic carbocycles. The standard InChI is InChI=1S/C18H34O5/c1-5-6-13-22-17(19)10-8-7-9-11-18(20)23-16(3)15(2)12-14-21-4/h15-16H,5-14H2,1-4H3. The van der Waals surface area contributed by atoms with Gasteiger partial charge in [-0.25, -0.2) is 0 Å². The minimum atomic E-state index is -0.160. The second-order valence-corrected chi connectivity index (χ2v) is 6.09. The van der Waals surface area contributed by atoms with E-state index < -0.39 is 0 Å². The van der Waals surface area contributed by atoms with Crippen molar-refractivity contribution in [1.29, 1.82) is 0 Å². The zero-order valence-corrected chi connectivity index (χ0v) is 15.3. The quantitative estimate of drug-likeness (QED) is 0.357. The van der Waals surface area contributed by atoms with Gasteiger partial charge in [-0.15, -0.1) is 0 Å². The maximum Gasteiger partial charge on any atom is 0.306 e. The molecule has 5 nitrogen and oxygen atoms in total. The Labute approximate surface area is 141 Å². The molecule has 0 aliphatic rings. The van der Waals surface area contributed by atoms with Crippen molar-refractivity contribution in [3.8, 4) is 0 Å². The van der Waals surface area contributed by atoms with E-state index in [1.807, 2.05) is 6.92 Å². The molecule has 136 valence electrons. The van der Waals surface area contributed by atoms with E-state index in [2.05, 4.69) is 13.8 Å². The Hall–Kier alpha value is -1.10. The minimum absolute atomic E-state index is 0.0915. The van der Waals surface area contributed by atoms with Gasteiger partial charge in [-0.3, -0.25) is 9.59 Å². The van der Waals surface area contributed by atoms with Crippen molar-refractivity contribution in [1.82, 2.24) is 0 Å². The molecule has 2 unspecified atom stereocenters. The molecule has 0 saturated carbocycles. The molecule has 0 radical (unpaired) electrons. The fourth-order valence-corrected chi connectivity index (χ4v) is 2.04. The molecule has 0 amide bonds. The van der Waals surface area contributed by atoms with Crippen molar-refractivity contribution in [2.24, 2.45) is 5.92 Å². The molecule has 0 aromatic rings. The lowest BCUT2D eigenvalue weighted by Crippen LogP contribution is -2.23. The fourth-order valence-electron chi connectivity index (χ4n) is 2.04. The van der Waals surface area contributed by atoms with Gasteiger partial charge in [-0.1, -0.05) is 26.7 Å². The van der Waals surface area contributed by atoms with Gasteiger partial charge in [0.2, 0.25) is 0 Å². The highest BCUT2D eigenvalue weighted by Crippen LogP contribution is 2.13. The van der Waals surface area contributed by atoms with Crippen LogP contribution in [0.3, 0.4) is 0 Å². The lowest BCUT2D eigenvalue weighted by atomic mass is 10.0. The van der Waals surface area contributed by atoms with Gasteiger partial charge in [0.05, 0.1) is 6.61 Å². The lowest BCUT2D eigenvalue weighted by Gasteiger charge is -2.20. The number of ether oxygens (including phenoxy) is 3. The first kappa shape index (κ1) is 21.9. The second-order valence-electron chi connectivity index (χ2n) is 6.09.